The van der Waals surface area contributed by atoms with E-state index in [0.29, 0.717) is 12.0 Å². The number of halogens is 1. The molecule has 5 heteroatoms. The first kappa shape index (κ1) is 18.1. The van der Waals surface area contributed by atoms with Crippen LogP contribution in [0.15, 0.2) is 24.3 Å². The van der Waals surface area contributed by atoms with Crippen LogP contribution in [0.4, 0.5) is 0 Å². The lowest BCUT2D eigenvalue weighted by Crippen LogP contribution is -2.30. The van der Waals surface area contributed by atoms with Crippen LogP contribution in [0.5, 0.6) is 5.75 Å². The van der Waals surface area contributed by atoms with Gasteiger partial charge in [-0.2, -0.15) is 0 Å². The number of rotatable bonds is 5. The van der Waals surface area contributed by atoms with Crippen molar-refractivity contribution >= 4 is 18.3 Å². The van der Waals surface area contributed by atoms with Crippen molar-refractivity contribution in [3.8, 4) is 5.75 Å². The van der Waals surface area contributed by atoms with Gasteiger partial charge < -0.3 is 15.0 Å². The zero-order valence-corrected chi connectivity index (χ0v) is 14.6. The Morgan fingerprint density at radius 2 is 2.09 bits per heavy atom. The van der Waals surface area contributed by atoms with E-state index in [-0.39, 0.29) is 18.3 Å². The summed E-state index contributed by atoms with van der Waals surface area (Å²) in [6.07, 6.45) is 6.20. The summed E-state index contributed by atoms with van der Waals surface area (Å²) >= 11 is 0. The molecule has 0 spiro atoms. The minimum absolute atomic E-state index is 0. The molecule has 1 aromatic rings. The fraction of sp³-hybridized carbons (Fsp3) is 0.611. The zero-order chi connectivity index (χ0) is 15.4. The van der Waals surface area contributed by atoms with E-state index in [0.717, 1.165) is 50.2 Å². The molecule has 1 N–H and O–H groups in total. The summed E-state index contributed by atoms with van der Waals surface area (Å²) in [6.45, 7) is 2.70. The molecule has 0 bridgehead atoms. The van der Waals surface area contributed by atoms with Crippen LogP contribution in [-0.4, -0.2) is 43.6 Å². The molecular weight excluding hydrogens is 312 g/mol. The molecular formula is C18H27ClN2O2. The number of carbonyl (C=O) groups is 1. The van der Waals surface area contributed by atoms with Crippen LogP contribution in [0.3, 0.4) is 0 Å². The van der Waals surface area contributed by atoms with E-state index in [1.165, 1.54) is 12.8 Å². The second-order valence-electron chi connectivity index (χ2n) is 6.52. The maximum absolute atomic E-state index is 12.6. The van der Waals surface area contributed by atoms with E-state index in [4.69, 9.17) is 4.74 Å². The van der Waals surface area contributed by atoms with Crippen LogP contribution in [0.1, 0.15) is 42.5 Å². The van der Waals surface area contributed by atoms with Gasteiger partial charge in [-0.05, 0) is 69.8 Å². The molecule has 1 aliphatic carbocycles. The summed E-state index contributed by atoms with van der Waals surface area (Å²) in [4.78, 5) is 14.6. The van der Waals surface area contributed by atoms with Gasteiger partial charge in [-0.15, -0.1) is 12.4 Å². The Hall–Kier alpha value is -1.26. The lowest BCUT2D eigenvalue weighted by atomic mass is 10.1. The summed E-state index contributed by atoms with van der Waals surface area (Å²) in [5, 5.41) is 3.20. The van der Waals surface area contributed by atoms with Gasteiger partial charge in [0.25, 0.3) is 5.91 Å². The molecule has 0 aromatic heterocycles. The molecule has 1 heterocycles. The van der Waals surface area contributed by atoms with Crippen molar-refractivity contribution in [2.75, 3.05) is 26.7 Å². The van der Waals surface area contributed by atoms with Crippen molar-refractivity contribution in [3.05, 3.63) is 29.8 Å². The Kier molecular flexibility index (Phi) is 6.72. The Labute approximate surface area is 145 Å². The molecule has 1 aliphatic heterocycles. The highest BCUT2D eigenvalue weighted by Gasteiger charge is 2.26. The Bertz CT molecular complexity index is 517. The number of carbonyl (C=O) groups excluding carboxylic acids is 1. The summed E-state index contributed by atoms with van der Waals surface area (Å²) in [5.41, 5.74) is 0.751. The minimum Gasteiger partial charge on any atom is -0.490 e. The fourth-order valence-corrected chi connectivity index (χ4v) is 3.56. The van der Waals surface area contributed by atoms with Crippen LogP contribution in [0.2, 0.25) is 0 Å². The number of amides is 1. The molecule has 1 atom stereocenters. The van der Waals surface area contributed by atoms with Crippen molar-refractivity contribution in [2.24, 2.45) is 5.92 Å². The molecule has 4 nitrogen and oxygen atoms in total. The standard InChI is InChI=1S/C18H26N2O2.ClH/c1-19-12-14-9-10-20(13-14)18(21)15-5-4-8-17(11-15)22-16-6-2-3-7-16;/h4-5,8,11,14,16,19H,2-3,6-7,9-10,12-13H2,1H3;1H. The highest BCUT2D eigenvalue weighted by Crippen LogP contribution is 2.25. The van der Waals surface area contributed by atoms with Crippen molar-refractivity contribution in [1.82, 2.24) is 10.2 Å². The van der Waals surface area contributed by atoms with Crippen LogP contribution in [0, 0.1) is 5.92 Å². The van der Waals surface area contributed by atoms with Gasteiger partial charge in [0.15, 0.2) is 0 Å². The summed E-state index contributed by atoms with van der Waals surface area (Å²) < 4.78 is 6.01. The first-order valence-corrected chi connectivity index (χ1v) is 8.47. The van der Waals surface area contributed by atoms with Crippen LogP contribution in [-0.2, 0) is 0 Å². The molecule has 23 heavy (non-hydrogen) atoms. The maximum Gasteiger partial charge on any atom is 0.253 e. The molecule has 1 unspecified atom stereocenters. The third kappa shape index (κ3) is 4.61. The topological polar surface area (TPSA) is 41.6 Å². The second kappa shape index (κ2) is 8.55. The second-order valence-corrected chi connectivity index (χ2v) is 6.52. The van der Waals surface area contributed by atoms with E-state index < -0.39 is 0 Å². The van der Waals surface area contributed by atoms with Crippen LogP contribution >= 0.6 is 12.4 Å². The fourth-order valence-electron chi connectivity index (χ4n) is 3.56. The van der Waals surface area contributed by atoms with Gasteiger partial charge >= 0.3 is 0 Å². The largest absolute Gasteiger partial charge is 0.490 e. The Morgan fingerprint density at radius 3 is 2.83 bits per heavy atom. The lowest BCUT2D eigenvalue weighted by molar-refractivity contribution is 0.0786. The highest BCUT2D eigenvalue weighted by atomic mass is 35.5. The van der Waals surface area contributed by atoms with E-state index in [2.05, 4.69) is 5.32 Å². The number of nitrogens with one attached hydrogen (secondary N) is 1. The molecule has 1 saturated heterocycles. The SMILES string of the molecule is CNCC1CCN(C(=O)c2cccc(OC3CCCC3)c2)C1.Cl. The predicted octanol–water partition coefficient (Wildman–Crippen LogP) is 3.11. The van der Waals surface area contributed by atoms with Crippen molar-refractivity contribution in [2.45, 2.75) is 38.2 Å². The van der Waals surface area contributed by atoms with E-state index in [1.54, 1.807) is 0 Å². The molecule has 1 aromatic carbocycles. The summed E-state index contributed by atoms with van der Waals surface area (Å²) in [5.74, 6) is 1.55. The molecule has 2 aliphatic rings. The first-order valence-electron chi connectivity index (χ1n) is 8.47. The monoisotopic (exact) mass is 338 g/mol. The van der Waals surface area contributed by atoms with Gasteiger partial charge in [0.2, 0.25) is 0 Å². The van der Waals surface area contributed by atoms with Gasteiger partial charge in [0.1, 0.15) is 5.75 Å². The van der Waals surface area contributed by atoms with Gasteiger partial charge in [-0.25, -0.2) is 0 Å². The molecule has 0 radical (unpaired) electrons. The van der Waals surface area contributed by atoms with Crippen molar-refractivity contribution in [3.63, 3.8) is 0 Å². The summed E-state index contributed by atoms with van der Waals surface area (Å²) in [7, 11) is 1.97. The van der Waals surface area contributed by atoms with Crippen LogP contribution in [0.25, 0.3) is 0 Å². The Morgan fingerprint density at radius 1 is 1.30 bits per heavy atom. The molecule has 1 amide bonds. The zero-order valence-electron chi connectivity index (χ0n) is 13.8. The molecule has 128 valence electrons. The number of likely N-dealkylation sites (tertiary alicyclic amines) is 1. The summed E-state index contributed by atoms with van der Waals surface area (Å²) in [6, 6.07) is 7.70. The maximum atomic E-state index is 12.6. The van der Waals surface area contributed by atoms with E-state index in [1.807, 2.05) is 36.2 Å². The highest BCUT2D eigenvalue weighted by molar-refractivity contribution is 5.94. The van der Waals surface area contributed by atoms with E-state index in [9.17, 15) is 4.79 Å². The van der Waals surface area contributed by atoms with Crippen molar-refractivity contribution < 1.29 is 9.53 Å². The molecule has 3 rings (SSSR count). The minimum atomic E-state index is 0. The number of hydrogen-bond acceptors (Lipinski definition) is 3. The average molecular weight is 339 g/mol. The number of benzene rings is 1. The van der Waals surface area contributed by atoms with Gasteiger partial charge in [-0.1, -0.05) is 6.07 Å². The average Bonchev–Trinajstić information content (AvgIpc) is 3.19. The smallest absolute Gasteiger partial charge is 0.253 e. The Balaban J connectivity index is 0.00000192. The lowest BCUT2D eigenvalue weighted by Gasteiger charge is -2.18. The number of nitrogens with zero attached hydrogens (tertiary/aromatic N) is 1. The van der Waals surface area contributed by atoms with Gasteiger partial charge in [-0.3, -0.25) is 4.79 Å². The third-order valence-electron chi connectivity index (χ3n) is 4.75. The predicted molar refractivity (Wildman–Crippen MR) is 94.5 cm³/mol. The quantitative estimate of drug-likeness (QED) is 0.897. The molecule has 2 fully saturated rings. The van der Waals surface area contributed by atoms with Crippen molar-refractivity contribution in [1.29, 1.82) is 0 Å². The van der Waals surface area contributed by atoms with E-state index >= 15 is 0 Å². The molecule has 1 saturated carbocycles. The number of hydrogen-bond donors (Lipinski definition) is 1. The van der Waals surface area contributed by atoms with Gasteiger partial charge in [0, 0.05) is 18.7 Å². The third-order valence-corrected chi connectivity index (χ3v) is 4.75. The normalized spacial score (nSPS) is 21.3. The first-order chi connectivity index (χ1) is 10.8. The van der Waals surface area contributed by atoms with Gasteiger partial charge in [0.05, 0.1) is 6.10 Å². The van der Waals surface area contributed by atoms with Crippen LogP contribution < -0.4 is 10.1 Å². The number of ether oxygens (including phenoxy) is 1.